The van der Waals surface area contributed by atoms with E-state index in [2.05, 4.69) is 0 Å². The van der Waals surface area contributed by atoms with Crippen molar-refractivity contribution in [1.29, 1.82) is 0 Å². The highest BCUT2D eigenvalue weighted by Crippen LogP contribution is 2.11. The van der Waals surface area contributed by atoms with Gasteiger partial charge in [-0.25, -0.2) is 0 Å². The summed E-state index contributed by atoms with van der Waals surface area (Å²) in [6, 6.07) is 12.0. The van der Waals surface area contributed by atoms with Gasteiger partial charge in [0.2, 0.25) is 5.69 Å². The standard InChI is InChI=1S/C13H13N2O3/c16-10-13-3-1-2-8-14(13)9-11-4-6-12(7-5-11)15(17)18/h1-8,16H,9-10H2/q+1. The summed E-state index contributed by atoms with van der Waals surface area (Å²) >= 11 is 0. The molecule has 1 N–H and O–H groups in total. The summed E-state index contributed by atoms with van der Waals surface area (Å²) in [4.78, 5) is 10.1. The molecule has 0 aliphatic heterocycles. The monoisotopic (exact) mass is 245 g/mol. The van der Waals surface area contributed by atoms with Gasteiger partial charge in [-0.15, -0.1) is 0 Å². The lowest BCUT2D eigenvalue weighted by Gasteiger charge is -2.01. The molecule has 0 spiro atoms. The third-order valence-electron chi connectivity index (χ3n) is 2.70. The Hall–Kier alpha value is -2.27. The van der Waals surface area contributed by atoms with E-state index in [0.717, 1.165) is 11.3 Å². The Kier molecular flexibility index (Phi) is 3.64. The van der Waals surface area contributed by atoms with Crippen molar-refractivity contribution in [2.45, 2.75) is 13.2 Å². The molecule has 0 aliphatic rings. The Balaban J connectivity index is 2.21. The lowest BCUT2D eigenvalue weighted by atomic mass is 10.2. The van der Waals surface area contributed by atoms with Crippen LogP contribution in [0.1, 0.15) is 11.3 Å². The first kappa shape index (κ1) is 12.2. The minimum Gasteiger partial charge on any atom is -0.385 e. The third-order valence-corrected chi connectivity index (χ3v) is 2.70. The molecule has 0 radical (unpaired) electrons. The fourth-order valence-electron chi connectivity index (χ4n) is 1.73. The van der Waals surface area contributed by atoms with Crippen molar-refractivity contribution < 1.29 is 14.6 Å². The lowest BCUT2D eigenvalue weighted by molar-refractivity contribution is -0.697. The molecule has 0 fully saturated rings. The highest BCUT2D eigenvalue weighted by molar-refractivity contribution is 5.32. The highest BCUT2D eigenvalue weighted by atomic mass is 16.6. The van der Waals surface area contributed by atoms with Crippen LogP contribution in [0.2, 0.25) is 0 Å². The molecule has 5 heteroatoms. The Bertz CT molecular complexity index is 552. The average Bonchev–Trinajstić information content (AvgIpc) is 2.40. The Labute approximate surface area is 104 Å². The molecule has 18 heavy (non-hydrogen) atoms. The van der Waals surface area contributed by atoms with Crippen LogP contribution in [0.4, 0.5) is 5.69 Å². The molecular formula is C13H13N2O3+. The van der Waals surface area contributed by atoms with Crippen LogP contribution in [-0.4, -0.2) is 10.0 Å². The zero-order valence-corrected chi connectivity index (χ0v) is 9.69. The molecule has 2 rings (SSSR count). The van der Waals surface area contributed by atoms with Crippen molar-refractivity contribution in [3.63, 3.8) is 0 Å². The number of rotatable bonds is 4. The van der Waals surface area contributed by atoms with Crippen molar-refractivity contribution in [1.82, 2.24) is 0 Å². The van der Waals surface area contributed by atoms with Gasteiger partial charge in [0.15, 0.2) is 12.7 Å². The van der Waals surface area contributed by atoms with Gasteiger partial charge in [-0.2, -0.15) is 4.57 Å². The van der Waals surface area contributed by atoms with Crippen LogP contribution in [0.25, 0.3) is 0 Å². The number of aliphatic hydroxyl groups excluding tert-OH is 1. The molecule has 0 aliphatic carbocycles. The van der Waals surface area contributed by atoms with E-state index in [0.29, 0.717) is 6.54 Å². The van der Waals surface area contributed by atoms with Crippen LogP contribution in [0.5, 0.6) is 0 Å². The van der Waals surface area contributed by atoms with Crippen LogP contribution >= 0.6 is 0 Å². The van der Waals surface area contributed by atoms with E-state index in [9.17, 15) is 15.2 Å². The number of aliphatic hydroxyl groups is 1. The molecule has 0 saturated heterocycles. The number of aromatic nitrogens is 1. The first-order valence-corrected chi connectivity index (χ1v) is 5.52. The van der Waals surface area contributed by atoms with E-state index in [4.69, 9.17) is 0 Å². The summed E-state index contributed by atoms with van der Waals surface area (Å²) < 4.78 is 1.90. The molecule has 0 unspecified atom stereocenters. The van der Waals surface area contributed by atoms with Gasteiger partial charge < -0.3 is 5.11 Å². The van der Waals surface area contributed by atoms with Crippen molar-refractivity contribution in [2.24, 2.45) is 0 Å². The first-order valence-electron chi connectivity index (χ1n) is 5.52. The number of nitro groups is 1. The maximum absolute atomic E-state index is 10.5. The van der Waals surface area contributed by atoms with E-state index in [-0.39, 0.29) is 12.3 Å². The second-order valence-corrected chi connectivity index (χ2v) is 3.90. The molecule has 5 nitrogen and oxygen atoms in total. The van der Waals surface area contributed by atoms with E-state index < -0.39 is 4.92 Å². The van der Waals surface area contributed by atoms with Gasteiger partial charge >= 0.3 is 0 Å². The van der Waals surface area contributed by atoms with Crippen LogP contribution in [0.3, 0.4) is 0 Å². The van der Waals surface area contributed by atoms with Crippen LogP contribution < -0.4 is 4.57 Å². The average molecular weight is 245 g/mol. The van der Waals surface area contributed by atoms with Crippen molar-refractivity contribution in [3.05, 3.63) is 70.0 Å². The number of hydrogen-bond acceptors (Lipinski definition) is 3. The van der Waals surface area contributed by atoms with Gasteiger partial charge in [0.1, 0.15) is 6.61 Å². The maximum atomic E-state index is 10.5. The fraction of sp³-hybridized carbons (Fsp3) is 0.154. The van der Waals surface area contributed by atoms with E-state index in [1.165, 1.54) is 12.1 Å². The van der Waals surface area contributed by atoms with Gasteiger partial charge in [-0.3, -0.25) is 10.1 Å². The third kappa shape index (κ3) is 2.70. The minimum atomic E-state index is -0.418. The predicted octanol–water partition coefficient (Wildman–Crippen LogP) is 1.42. The summed E-state index contributed by atoms with van der Waals surface area (Å²) in [5.41, 5.74) is 1.83. The Morgan fingerprint density at radius 3 is 2.50 bits per heavy atom. The molecule has 1 aromatic carbocycles. The van der Waals surface area contributed by atoms with Gasteiger partial charge in [0.25, 0.3) is 5.69 Å². The van der Waals surface area contributed by atoms with Gasteiger partial charge in [0.05, 0.1) is 4.92 Å². The summed E-state index contributed by atoms with van der Waals surface area (Å²) in [7, 11) is 0. The predicted molar refractivity (Wildman–Crippen MR) is 64.8 cm³/mol. The van der Waals surface area contributed by atoms with Crippen molar-refractivity contribution >= 4 is 5.69 Å². The zero-order chi connectivity index (χ0) is 13.0. The van der Waals surface area contributed by atoms with E-state index >= 15 is 0 Å². The molecule has 0 atom stereocenters. The Morgan fingerprint density at radius 1 is 1.17 bits per heavy atom. The molecule has 1 heterocycles. The lowest BCUT2D eigenvalue weighted by Crippen LogP contribution is -2.38. The number of hydrogen-bond donors (Lipinski definition) is 1. The summed E-state index contributed by atoms with van der Waals surface area (Å²) in [5.74, 6) is 0. The van der Waals surface area contributed by atoms with Crippen LogP contribution in [0.15, 0.2) is 48.7 Å². The molecule has 1 aromatic heterocycles. The SMILES string of the molecule is O=[N+]([O-])c1ccc(C[n+]2ccccc2CO)cc1. The molecule has 2 aromatic rings. The van der Waals surface area contributed by atoms with Crippen molar-refractivity contribution in [2.75, 3.05) is 0 Å². The molecule has 0 bridgehead atoms. The quantitative estimate of drug-likeness (QED) is 0.503. The van der Waals surface area contributed by atoms with Gasteiger partial charge in [-0.05, 0) is 12.1 Å². The molecule has 92 valence electrons. The first-order chi connectivity index (χ1) is 8.70. The number of nitro benzene ring substituents is 1. The number of benzene rings is 1. The summed E-state index contributed by atoms with van der Waals surface area (Å²) in [5, 5.41) is 19.7. The number of nitrogens with zero attached hydrogens (tertiary/aromatic N) is 2. The largest absolute Gasteiger partial charge is 0.385 e. The normalized spacial score (nSPS) is 10.3. The van der Waals surface area contributed by atoms with E-state index in [1.807, 2.05) is 29.0 Å². The summed E-state index contributed by atoms with van der Waals surface area (Å²) in [6.45, 7) is 0.544. The topological polar surface area (TPSA) is 67.2 Å². The fourth-order valence-corrected chi connectivity index (χ4v) is 1.73. The second kappa shape index (κ2) is 5.37. The van der Waals surface area contributed by atoms with Crippen LogP contribution in [0, 0.1) is 10.1 Å². The van der Waals surface area contributed by atoms with Crippen molar-refractivity contribution in [3.8, 4) is 0 Å². The zero-order valence-electron chi connectivity index (χ0n) is 9.69. The van der Waals surface area contributed by atoms with Gasteiger partial charge in [-0.1, -0.05) is 6.07 Å². The second-order valence-electron chi connectivity index (χ2n) is 3.90. The van der Waals surface area contributed by atoms with E-state index in [1.54, 1.807) is 12.1 Å². The Morgan fingerprint density at radius 2 is 1.89 bits per heavy atom. The number of pyridine rings is 1. The van der Waals surface area contributed by atoms with Crippen LogP contribution in [-0.2, 0) is 13.2 Å². The molecule has 0 amide bonds. The number of non-ortho nitro benzene ring substituents is 1. The highest BCUT2D eigenvalue weighted by Gasteiger charge is 2.10. The summed E-state index contributed by atoms with van der Waals surface area (Å²) in [6.07, 6.45) is 1.87. The van der Waals surface area contributed by atoms with Gasteiger partial charge in [0, 0.05) is 29.8 Å². The maximum Gasteiger partial charge on any atom is 0.269 e. The smallest absolute Gasteiger partial charge is 0.269 e. The molecule has 0 saturated carbocycles. The molecular weight excluding hydrogens is 232 g/mol. The minimum absolute atomic E-state index is 0.0339.